The van der Waals surface area contributed by atoms with Gasteiger partial charge in [0.2, 0.25) is 5.82 Å². The number of anilines is 1. The van der Waals surface area contributed by atoms with Gasteiger partial charge in [0, 0.05) is 7.05 Å². The Morgan fingerprint density at radius 1 is 1.50 bits per heavy atom. The number of aryl methyl sites for hydroxylation is 1. The summed E-state index contributed by atoms with van der Waals surface area (Å²) < 4.78 is 3.71. The highest BCUT2D eigenvalue weighted by Crippen LogP contribution is 2.17. The van der Waals surface area contributed by atoms with Crippen molar-refractivity contribution < 1.29 is 26.6 Å². The van der Waals surface area contributed by atoms with Gasteiger partial charge in [-0.15, -0.1) is 0 Å². The molecule has 0 bridgehead atoms. The standard InChI is InChI=1S/C10H16N4O2S.ClH/c1-7(15)6-17-10-13(3)5-8(14(10)4)12-9(16)11-2;/h5H,6H2,1-4H3,(H-,11,12,16);1H. The second-order valence-corrected chi connectivity index (χ2v) is 4.60. The quantitative estimate of drug-likeness (QED) is 0.468. The molecule has 0 aliphatic carbocycles. The lowest BCUT2D eigenvalue weighted by Crippen LogP contribution is -3.00. The predicted octanol–water partition coefficient (Wildman–Crippen LogP) is -2.71. The molecular formula is C10H17ClN4O2S. The Labute approximate surface area is 117 Å². The van der Waals surface area contributed by atoms with Crippen molar-refractivity contribution in [3.05, 3.63) is 6.20 Å². The summed E-state index contributed by atoms with van der Waals surface area (Å²) in [6, 6.07) is -0.269. The molecule has 0 aliphatic rings. The van der Waals surface area contributed by atoms with E-state index in [4.69, 9.17) is 0 Å². The van der Waals surface area contributed by atoms with E-state index >= 15 is 0 Å². The smallest absolute Gasteiger partial charge is 0.321 e. The van der Waals surface area contributed by atoms with Crippen LogP contribution in [0.2, 0.25) is 0 Å². The van der Waals surface area contributed by atoms with Crippen LogP contribution in [0.3, 0.4) is 0 Å². The molecule has 8 heteroatoms. The normalized spacial score (nSPS) is 9.56. The van der Waals surface area contributed by atoms with E-state index in [0.717, 1.165) is 5.16 Å². The van der Waals surface area contributed by atoms with Crippen molar-refractivity contribution >= 4 is 29.4 Å². The fourth-order valence-corrected chi connectivity index (χ4v) is 2.21. The molecule has 0 unspecified atom stereocenters. The van der Waals surface area contributed by atoms with Gasteiger partial charge in [-0.3, -0.25) is 10.1 Å². The van der Waals surface area contributed by atoms with Gasteiger partial charge in [0.1, 0.15) is 5.78 Å². The Balaban J connectivity index is 0.00000289. The van der Waals surface area contributed by atoms with Gasteiger partial charge in [0.25, 0.3) is 0 Å². The number of halogens is 1. The molecule has 0 atom stereocenters. The van der Waals surface area contributed by atoms with Crippen LogP contribution in [0.15, 0.2) is 11.4 Å². The van der Waals surface area contributed by atoms with Gasteiger partial charge in [-0.2, -0.15) is 0 Å². The molecule has 0 aromatic carbocycles. The Bertz CT molecular complexity index is 447. The van der Waals surface area contributed by atoms with E-state index in [1.807, 2.05) is 23.2 Å². The van der Waals surface area contributed by atoms with E-state index in [0.29, 0.717) is 11.6 Å². The molecule has 0 spiro atoms. The number of thioether (sulfide) groups is 1. The first-order valence-electron chi connectivity index (χ1n) is 5.12. The molecule has 18 heavy (non-hydrogen) atoms. The SMILES string of the molecule is CNC(=O)Nc1c[n+](C)c(SCC(C)=O)n1C.[Cl-]. The molecular weight excluding hydrogens is 276 g/mol. The lowest BCUT2D eigenvalue weighted by Gasteiger charge is -2.00. The van der Waals surface area contributed by atoms with Crippen molar-refractivity contribution in [3.63, 3.8) is 0 Å². The zero-order valence-electron chi connectivity index (χ0n) is 10.8. The molecule has 1 aromatic heterocycles. The van der Waals surface area contributed by atoms with E-state index in [1.165, 1.54) is 11.8 Å². The van der Waals surface area contributed by atoms with Crippen molar-refractivity contribution in [1.82, 2.24) is 9.88 Å². The van der Waals surface area contributed by atoms with Gasteiger partial charge in [0.05, 0.1) is 19.8 Å². The van der Waals surface area contributed by atoms with Crippen LogP contribution in [0.1, 0.15) is 6.92 Å². The van der Waals surface area contributed by atoms with Gasteiger partial charge in [-0.25, -0.2) is 13.9 Å². The molecule has 0 aliphatic heterocycles. The van der Waals surface area contributed by atoms with E-state index in [2.05, 4.69) is 10.6 Å². The fourth-order valence-electron chi connectivity index (χ4n) is 1.32. The highest BCUT2D eigenvalue weighted by atomic mass is 35.5. The molecule has 102 valence electrons. The first kappa shape index (κ1) is 16.8. The van der Waals surface area contributed by atoms with E-state index < -0.39 is 0 Å². The number of hydrogen-bond donors (Lipinski definition) is 2. The van der Waals surface area contributed by atoms with Crippen LogP contribution in [-0.4, -0.2) is 29.2 Å². The van der Waals surface area contributed by atoms with E-state index in [9.17, 15) is 9.59 Å². The maximum atomic E-state index is 11.2. The number of aromatic nitrogens is 2. The molecule has 1 heterocycles. The number of nitrogens with zero attached hydrogens (tertiary/aromatic N) is 2. The Morgan fingerprint density at radius 2 is 2.11 bits per heavy atom. The van der Waals surface area contributed by atoms with Crippen LogP contribution in [0, 0.1) is 0 Å². The van der Waals surface area contributed by atoms with Crippen molar-refractivity contribution in [2.75, 3.05) is 18.1 Å². The Kier molecular flexibility index (Phi) is 6.79. The van der Waals surface area contributed by atoms with Crippen LogP contribution in [-0.2, 0) is 18.9 Å². The molecule has 2 N–H and O–H groups in total. The molecule has 1 aromatic rings. The van der Waals surface area contributed by atoms with Crippen LogP contribution in [0.5, 0.6) is 0 Å². The number of carbonyl (C=O) groups excluding carboxylic acids is 2. The zero-order valence-corrected chi connectivity index (χ0v) is 12.4. The minimum atomic E-state index is -0.269. The van der Waals surface area contributed by atoms with Crippen molar-refractivity contribution in [2.24, 2.45) is 14.1 Å². The minimum absolute atomic E-state index is 0. The van der Waals surface area contributed by atoms with Crippen molar-refractivity contribution in [2.45, 2.75) is 12.1 Å². The average Bonchev–Trinajstić information content (AvgIpc) is 2.51. The molecule has 6 nitrogen and oxygen atoms in total. The fraction of sp³-hybridized carbons (Fsp3) is 0.500. The number of carbonyl (C=O) groups is 2. The van der Waals surface area contributed by atoms with Crippen LogP contribution in [0.4, 0.5) is 10.6 Å². The summed E-state index contributed by atoms with van der Waals surface area (Å²) in [6.07, 6.45) is 1.80. The van der Waals surface area contributed by atoms with Crippen molar-refractivity contribution in [1.29, 1.82) is 0 Å². The van der Waals surface area contributed by atoms with Gasteiger partial charge in [0.15, 0.2) is 6.20 Å². The minimum Gasteiger partial charge on any atom is -1.00 e. The van der Waals surface area contributed by atoms with Crippen molar-refractivity contribution in [3.8, 4) is 0 Å². The summed E-state index contributed by atoms with van der Waals surface area (Å²) in [4.78, 5) is 22.2. The highest BCUT2D eigenvalue weighted by Gasteiger charge is 2.20. The second-order valence-electron chi connectivity index (χ2n) is 3.66. The molecule has 1 rings (SSSR count). The Hall–Kier alpha value is -1.21. The lowest BCUT2D eigenvalue weighted by molar-refractivity contribution is -0.709. The third kappa shape index (κ3) is 4.23. The third-order valence-corrected chi connectivity index (χ3v) is 3.51. The molecule has 0 fully saturated rings. The number of imidazole rings is 1. The number of Topliss-reactive ketones (excluding diaryl/α,β-unsaturated/α-hetero) is 1. The second kappa shape index (κ2) is 7.27. The van der Waals surface area contributed by atoms with Crippen LogP contribution >= 0.6 is 11.8 Å². The first-order chi connectivity index (χ1) is 7.95. The maximum Gasteiger partial charge on any atom is 0.321 e. The number of urea groups is 1. The average molecular weight is 293 g/mol. The number of ketones is 1. The number of hydrogen-bond acceptors (Lipinski definition) is 3. The molecule has 2 amide bonds. The first-order valence-corrected chi connectivity index (χ1v) is 6.10. The summed E-state index contributed by atoms with van der Waals surface area (Å²) in [6.45, 7) is 1.56. The number of amides is 2. The zero-order chi connectivity index (χ0) is 13.0. The van der Waals surface area contributed by atoms with Gasteiger partial charge >= 0.3 is 11.2 Å². The maximum absolute atomic E-state index is 11.2. The highest BCUT2D eigenvalue weighted by molar-refractivity contribution is 7.99. The summed E-state index contributed by atoms with van der Waals surface area (Å²) in [5, 5.41) is 6.10. The van der Waals surface area contributed by atoms with Gasteiger partial charge in [-0.05, 0) is 18.7 Å². The summed E-state index contributed by atoms with van der Waals surface area (Å²) in [5.41, 5.74) is 0. The van der Waals surface area contributed by atoms with Gasteiger partial charge in [-0.1, -0.05) is 0 Å². The summed E-state index contributed by atoms with van der Waals surface area (Å²) in [5.74, 6) is 1.22. The van der Waals surface area contributed by atoms with E-state index in [-0.39, 0.29) is 24.2 Å². The third-order valence-electron chi connectivity index (χ3n) is 2.14. The van der Waals surface area contributed by atoms with Crippen LogP contribution in [0.25, 0.3) is 0 Å². The summed E-state index contributed by atoms with van der Waals surface area (Å²) in [7, 11) is 5.27. The largest absolute Gasteiger partial charge is 1.00 e. The predicted molar refractivity (Wildman–Crippen MR) is 66.1 cm³/mol. The lowest BCUT2D eigenvalue weighted by atomic mass is 10.5. The van der Waals surface area contributed by atoms with E-state index in [1.54, 1.807) is 20.2 Å². The topological polar surface area (TPSA) is 67.0 Å². The Morgan fingerprint density at radius 3 is 2.61 bits per heavy atom. The number of rotatable bonds is 4. The molecule has 0 radical (unpaired) electrons. The monoisotopic (exact) mass is 292 g/mol. The van der Waals surface area contributed by atoms with Gasteiger partial charge < -0.3 is 17.7 Å². The van der Waals surface area contributed by atoms with Crippen LogP contribution < -0.4 is 27.6 Å². The molecule has 0 saturated carbocycles. The molecule has 0 saturated heterocycles. The summed E-state index contributed by atoms with van der Waals surface area (Å²) >= 11 is 1.44. The number of nitrogens with one attached hydrogen (secondary N) is 2.